The molecule has 0 N–H and O–H groups in total. The van der Waals surface area contributed by atoms with E-state index in [0.29, 0.717) is 0 Å². The molecule has 2 heteroatoms. The fourth-order valence-electron chi connectivity index (χ4n) is 2.25. The Morgan fingerprint density at radius 1 is 1.19 bits per heavy atom. The van der Waals surface area contributed by atoms with Crippen LogP contribution in [0.5, 0.6) is 0 Å². The van der Waals surface area contributed by atoms with Crippen LogP contribution >= 0.6 is 11.3 Å². The van der Waals surface area contributed by atoms with Crippen molar-refractivity contribution in [2.45, 2.75) is 19.8 Å². The quantitative estimate of drug-likeness (QED) is 0.680. The third-order valence-corrected chi connectivity index (χ3v) is 4.39. The second kappa shape index (κ2) is 3.56. The van der Waals surface area contributed by atoms with Gasteiger partial charge < -0.3 is 0 Å². The Kier molecular flexibility index (Phi) is 2.18. The highest BCUT2D eigenvalue weighted by molar-refractivity contribution is 7.17. The van der Waals surface area contributed by atoms with Gasteiger partial charge in [-0.05, 0) is 42.5 Å². The number of aryl methyl sites for hydroxylation is 2. The molecule has 16 heavy (non-hydrogen) atoms. The molecule has 1 aliphatic rings. The van der Waals surface area contributed by atoms with Crippen LogP contribution in [0.4, 0.5) is 0 Å². The summed E-state index contributed by atoms with van der Waals surface area (Å²) in [5, 5.41) is 0. The molecule has 1 nitrogen and oxygen atoms in total. The predicted octanol–water partition coefficient (Wildman–Crippen LogP) is 3.72. The van der Waals surface area contributed by atoms with E-state index in [9.17, 15) is 4.79 Å². The fourth-order valence-corrected chi connectivity index (χ4v) is 3.41. The lowest BCUT2D eigenvalue weighted by Gasteiger charge is -2.15. The van der Waals surface area contributed by atoms with Crippen LogP contribution < -0.4 is 0 Å². The van der Waals surface area contributed by atoms with Gasteiger partial charge in [0.2, 0.25) is 0 Å². The maximum absolute atomic E-state index is 11.4. The normalized spacial score (nSPS) is 13.1. The molecule has 0 bridgehead atoms. The number of thiophene rings is 1. The van der Waals surface area contributed by atoms with Crippen molar-refractivity contribution in [3.8, 4) is 10.4 Å². The van der Waals surface area contributed by atoms with Gasteiger partial charge in [-0.2, -0.15) is 0 Å². The highest BCUT2D eigenvalue weighted by Crippen LogP contribution is 2.39. The van der Waals surface area contributed by atoms with Gasteiger partial charge in [0.25, 0.3) is 0 Å². The van der Waals surface area contributed by atoms with Crippen LogP contribution in [-0.4, -0.2) is 5.78 Å². The van der Waals surface area contributed by atoms with Gasteiger partial charge in [0, 0.05) is 4.88 Å². The summed E-state index contributed by atoms with van der Waals surface area (Å²) >= 11 is 1.64. The topological polar surface area (TPSA) is 17.1 Å². The Balaban J connectivity index is 2.20. The summed E-state index contributed by atoms with van der Waals surface area (Å²) in [5.41, 5.74) is 4.07. The average molecular weight is 228 g/mol. The van der Waals surface area contributed by atoms with Gasteiger partial charge in [-0.15, -0.1) is 11.3 Å². The van der Waals surface area contributed by atoms with E-state index in [4.69, 9.17) is 0 Å². The summed E-state index contributed by atoms with van der Waals surface area (Å²) in [4.78, 5) is 13.6. The molecule has 0 aliphatic heterocycles. The first kappa shape index (κ1) is 9.79. The highest BCUT2D eigenvalue weighted by Gasteiger charge is 2.19. The highest BCUT2D eigenvalue weighted by atomic mass is 32.1. The molecule has 0 radical (unpaired) electrons. The first-order chi connectivity index (χ1) is 7.75. The molecule has 0 spiro atoms. The summed E-state index contributed by atoms with van der Waals surface area (Å²) in [6, 6.07) is 10.6. The number of carbonyl (C=O) groups excluding carboxylic acids is 1. The Labute approximate surface area is 98.7 Å². The molecule has 0 unspecified atom stereocenters. The number of hydrogen-bond acceptors (Lipinski definition) is 2. The van der Waals surface area contributed by atoms with Crippen molar-refractivity contribution in [1.29, 1.82) is 0 Å². The minimum absolute atomic E-state index is 0.178. The van der Waals surface area contributed by atoms with Crippen LogP contribution in [0.3, 0.4) is 0 Å². The Bertz CT molecular complexity index is 566. The van der Waals surface area contributed by atoms with Crippen molar-refractivity contribution in [3.63, 3.8) is 0 Å². The van der Waals surface area contributed by atoms with Crippen molar-refractivity contribution >= 4 is 17.1 Å². The van der Waals surface area contributed by atoms with E-state index in [-0.39, 0.29) is 5.78 Å². The van der Waals surface area contributed by atoms with Crippen LogP contribution in [0.1, 0.15) is 27.7 Å². The number of fused-ring (bicyclic) bond motifs is 3. The summed E-state index contributed by atoms with van der Waals surface area (Å²) in [6.45, 7) is 1.64. The number of ketones is 1. The van der Waals surface area contributed by atoms with Crippen molar-refractivity contribution in [2.75, 3.05) is 0 Å². The molecule has 2 aromatic rings. The van der Waals surface area contributed by atoms with E-state index >= 15 is 0 Å². The number of rotatable bonds is 1. The van der Waals surface area contributed by atoms with Crippen LogP contribution in [0.25, 0.3) is 10.4 Å². The third kappa shape index (κ3) is 1.41. The van der Waals surface area contributed by atoms with E-state index in [1.54, 1.807) is 18.3 Å². The molecule has 0 saturated heterocycles. The Hall–Kier alpha value is -1.41. The SMILES string of the molecule is CC(=O)c1cc2c(s1)-c1ccccc1CC2. The first-order valence-corrected chi connectivity index (χ1v) is 6.29. The van der Waals surface area contributed by atoms with Gasteiger partial charge in [-0.1, -0.05) is 24.3 Å². The van der Waals surface area contributed by atoms with Crippen LogP contribution in [0.2, 0.25) is 0 Å². The lowest BCUT2D eigenvalue weighted by atomic mass is 9.91. The van der Waals surface area contributed by atoms with Gasteiger partial charge >= 0.3 is 0 Å². The molecular weight excluding hydrogens is 216 g/mol. The zero-order valence-corrected chi connectivity index (χ0v) is 9.93. The minimum atomic E-state index is 0.178. The second-order valence-electron chi connectivity index (χ2n) is 4.18. The van der Waals surface area contributed by atoms with E-state index in [1.807, 2.05) is 0 Å². The van der Waals surface area contributed by atoms with Crippen LogP contribution in [0, 0.1) is 0 Å². The van der Waals surface area contributed by atoms with Crippen molar-refractivity contribution in [2.24, 2.45) is 0 Å². The van der Waals surface area contributed by atoms with Crippen molar-refractivity contribution in [3.05, 3.63) is 46.3 Å². The third-order valence-electron chi connectivity index (χ3n) is 3.08. The number of Topliss-reactive ketones (excluding diaryl/α,β-unsaturated/α-hetero) is 1. The Morgan fingerprint density at radius 2 is 1.94 bits per heavy atom. The summed E-state index contributed by atoms with van der Waals surface area (Å²) in [6.07, 6.45) is 2.16. The molecule has 0 fully saturated rings. The van der Waals surface area contributed by atoms with Crippen molar-refractivity contribution in [1.82, 2.24) is 0 Å². The maximum atomic E-state index is 11.4. The molecule has 1 heterocycles. The summed E-state index contributed by atoms with van der Waals surface area (Å²) < 4.78 is 0. The van der Waals surface area contributed by atoms with Crippen LogP contribution in [-0.2, 0) is 12.8 Å². The molecule has 0 saturated carbocycles. The Morgan fingerprint density at radius 3 is 2.75 bits per heavy atom. The molecule has 1 aliphatic carbocycles. The van der Waals surface area contributed by atoms with E-state index in [2.05, 4.69) is 30.3 Å². The maximum Gasteiger partial charge on any atom is 0.169 e. The number of hydrogen-bond donors (Lipinski definition) is 0. The average Bonchev–Trinajstić information content (AvgIpc) is 2.73. The minimum Gasteiger partial charge on any atom is -0.294 e. The van der Waals surface area contributed by atoms with Gasteiger partial charge in [-0.3, -0.25) is 4.79 Å². The standard InChI is InChI=1S/C14H12OS/c1-9(15)13-8-11-7-6-10-4-2-3-5-12(10)14(11)16-13/h2-5,8H,6-7H2,1H3. The summed E-state index contributed by atoms with van der Waals surface area (Å²) in [7, 11) is 0. The number of carbonyl (C=O) groups is 1. The lowest BCUT2D eigenvalue weighted by molar-refractivity contribution is 0.102. The summed E-state index contributed by atoms with van der Waals surface area (Å²) in [5.74, 6) is 0.178. The van der Waals surface area contributed by atoms with E-state index in [1.165, 1.54) is 21.6 Å². The van der Waals surface area contributed by atoms with Gasteiger partial charge in [0.15, 0.2) is 5.78 Å². The molecule has 1 aromatic carbocycles. The number of benzene rings is 1. The van der Waals surface area contributed by atoms with E-state index in [0.717, 1.165) is 17.7 Å². The zero-order valence-electron chi connectivity index (χ0n) is 9.12. The van der Waals surface area contributed by atoms with Gasteiger partial charge in [-0.25, -0.2) is 0 Å². The molecule has 80 valence electrons. The molecule has 0 atom stereocenters. The van der Waals surface area contributed by atoms with Crippen LogP contribution in [0.15, 0.2) is 30.3 Å². The second-order valence-corrected chi connectivity index (χ2v) is 5.23. The smallest absolute Gasteiger partial charge is 0.169 e. The monoisotopic (exact) mass is 228 g/mol. The zero-order chi connectivity index (χ0) is 11.1. The molecule has 3 rings (SSSR count). The molecule has 1 aromatic heterocycles. The fraction of sp³-hybridized carbons (Fsp3) is 0.214. The molecule has 0 amide bonds. The van der Waals surface area contributed by atoms with Crippen molar-refractivity contribution < 1.29 is 4.79 Å². The van der Waals surface area contributed by atoms with Gasteiger partial charge in [0.1, 0.15) is 0 Å². The molecular formula is C14H12OS. The largest absolute Gasteiger partial charge is 0.294 e. The predicted molar refractivity (Wildman–Crippen MR) is 67.2 cm³/mol. The van der Waals surface area contributed by atoms with Gasteiger partial charge in [0.05, 0.1) is 4.88 Å². The lowest BCUT2D eigenvalue weighted by Crippen LogP contribution is -2.00. The van der Waals surface area contributed by atoms with E-state index < -0.39 is 0 Å². The first-order valence-electron chi connectivity index (χ1n) is 5.47.